The Hall–Kier alpha value is -3.54. The van der Waals surface area contributed by atoms with Gasteiger partial charge in [-0.1, -0.05) is 36.9 Å². The average molecular weight is 388 g/mol. The zero-order chi connectivity index (χ0) is 20.2. The molecule has 1 atom stereocenters. The van der Waals surface area contributed by atoms with Crippen molar-refractivity contribution in [2.75, 3.05) is 23.4 Å². The number of aliphatic hydroxyl groups is 1. The van der Waals surface area contributed by atoms with E-state index in [0.29, 0.717) is 18.7 Å². The van der Waals surface area contributed by atoms with E-state index >= 15 is 0 Å². The normalized spacial score (nSPS) is 13.9. The Morgan fingerprint density at radius 1 is 1.17 bits per heavy atom. The molecule has 3 heterocycles. The van der Waals surface area contributed by atoms with Gasteiger partial charge in [0.25, 0.3) is 0 Å². The zero-order valence-corrected chi connectivity index (χ0v) is 16.4. The summed E-state index contributed by atoms with van der Waals surface area (Å²) in [5.74, 6) is 1.67. The molecule has 0 spiro atoms. The predicted molar refractivity (Wildman–Crippen MR) is 115 cm³/mol. The minimum Gasteiger partial charge on any atom is -0.508 e. The predicted octanol–water partition coefficient (Wildman–Crippen LogP) is 4.58. The number of rotatable bonds is 6. The fourth-order valence-electron chi connectivity index (χ4n) is 3.44. The first-order valence-electron chi connectivity index (χ1n) is 9.63. The van der Waals surface area contributed by atoms with Crippen molar-refractivity contribution >= 4 is 17.3 Å². The lowest BCUT2D eigenvalue weighted by atomic mass is 10.1. The number of nitrogens with one attached hydrogen (secondary N) is 1. The van der Waals surface area contributed by atoms with Gasteiger partial charge in [-0.15, -0.1) is 0 Å². The summed E-state index contributed by atoms with van der Waals surface area (Å²) in [4.78, 5) is 11.3. The number of ether oxygens (including phenoxy) is 1. The Morgan fingerprint density at radius 3 is 2.72 bits per heavy atom. The second-order valence-corrected chi connectivity index (χ2v) is 7.03. The molecule has 1 aromatic carbocycles. The molecule has 3 aromatic rings. The first-order valence-corrected chi connectivity index (χ1v) is 9.63. The second-order valence-electron chi connectivity index (χ2n) is 7.03. The molecule has 4 rings (SSSR count). The van der Waals surface area contributed by atoms with Crippen molar-refractivity contribution in [1.82, 2.24) is 9.97 Å². The molecule has 0 radical (unpaired) electrons. The summed E-state index contributed by atoms with van der Waals surface area (Å²) in [6.45, 7) is 7.74. The largest absolute Gasteiger partial charge is 0.508 e. The van der Waals surface area contributed by atoms with Gasteiger partial charge < -0.3 is 20.1 Å². The summed E-state index contributed by atoms with van der Waals surface area (Å²) in [5.41, 5.74) is 3.76. The lowest BCUT2D eigenvalue weighted by molar-refractivity contribution is 0.306. The molecule has 0 fully saturated rings. The van der Waals surface area contributed by atoms with Crippen LogP contribution in [0.25, 0.3) is 5.76 Å². The highest BCUT2D eigenvalue weighted by atomic mass is 16.5. The van der Waals surface area contributed by atoms with E-state index in [4.69, 9.17) is 4.74 Å². The first kappa shape index (κ1) is 18.8. The van der Waals surface area contributed by atoms with Crippen molar-refractivity contribution in [3.63, 3.8) is 0 Å². The average Bonchev–Trinajstić information content (AvgIpc) is 2.75. The molecule has 0 aliphatic carbocycles. The minimum absolute atomic E-state index is 0.0219. The van der Waals surface area contributed by atoms with Crippen LogP contribution in [0.3, 0.4) is 0 Å². The first-order chi connectivity index (χ1) is 14.1. The maximum Gasteiger partial charge on any atom is 0.153 e. The molecule has 0 amide bonds. The van der Waals surface area contributed by atoms with E-state index in [1.807, 2.05) is 54.7 Å². The van der Waals surface area contributed by atoms with Crippen LogP contribution in [0.1, 0.15) is 29.8 Å². The summed E-state index contributed by atoms with van der Waals surface area (Å²) in [6, 6.07) is 15.5. The van der Waals surface area contributed by atoms with E-state index in [2.05, 4.69) is 33.7 Å². The van der Waals surface area contributed by atoms with Crippen molar-refractivity contribution < 1.29 is 9.84 Å². The lowest BCUT2D eigenvalue weighted by Gasteiger charge is -2.33. The van der Waals surface area contributed by atoms with Crippen LogP contribution >= 0.6 is 0 Å². The Kier molecular flexibility index (Phi) is 5.33. The Balaban J connectivity index is 1.59. The molecule has 1 unspecified atom stereocenters. The van der Waals surface area contributed by atoms with Gasteiger partial charge >= 0.3 is 0 Å². The monoisotopic (exact) mass is 388 g/mol. The van der Waals surface area contributed by atoms with E-state index in [-0.39, 0.29) is 11.8 Å². The van der Waals surface area contributed by atoms with E-state index < -0.39 is 0 Å². The van der Waals surface area contributed by atoms with Gasteiger partial charge in [-0.25, -0.2) is 4.98 Å². The lowest BCUT2D eigenvalue weighted by Crippen LogP contribution is -2.33. The summed E-state index contributed by atoms with van der Waals surface area (Å²) < 4.78 is 5.88. The van der Waals surface area contributed by atoms with E-state index in [1.165, 1.54) is 0 Å². The summed E-state index contributed by atoms with van der Waals surface area (Å²) >= 11 is 0. The standard InChI is InChI=1S/C23H24N4O2/c1-16(18-6-8-19(9-7-18)17(2)28)26-23-22-21(10-12-25-23)29-14-13-27(22)15-20-5-3-4-11-24-20/h3-12,16,28H,2,13-15H2,1H3,(H,25,26). The number of anilines is 2. The number of pyridine rings is 2. The third kappa shape index (κ3) is 4.16. The summed E-state index contributed by atoms with van der Waals surface area (Å²) in [5, 5.41) is 13.0. The van der Waals surface area contributed by atoms with Gasteiger partial charge in [0, 0.05) is 24.0 Å². The number of hydrogen-bond donors (Lipinski definition) is 2. The number of hydrogen-bond acceptors (Lipinski definition) is 6. The van der Waals surface area contributed by atoms with Gasteiger partial charge in [0.15, 0.2) is 5.82 Å². The van der Waals surface area contributed by atoms with Crippen molar-refractivity contribution in [3.8, 4) is 5.75 Å². The Morgan fingerprint density at radius 2 is 2.00 bits per heavy atom. The quantitative estimate of drug-likeness (QED) is 0.603. The molecule has 6 nitrogen and oxygen atoms in total. The minimum atomic E-state index is 0.0219. The maximum absolute atomic E-state index is 9.53. The molecule has 1 aliphatic rings. The smallest absolute Gasteiger partial charge is 0.153 e. The molecular formula is C23H24N4O2. The van der Waals surface area contributed by atoms with E-state index in [9.17, 15) is 5.11 Å². The molecule has 29 heavy (non-hydrogen) atoms. The van der Waals surface area contributed by atoms with Crippen LogP contribution in [0.4, 0.5) is 11.5 Å². The van der Waals surface area contributed by atoms with Gasteiger partial charge in [0.1, 0.15) is 23.8 Å². The van der Waals surface area contributed by atoms with E-state index in [0.717, 1.165) is 35.1 Å². The molecule has 1 aliphatic heterocycles. The molecule has 2 N–H and O–H groups in total. The van der Waals surface area contributed by atoms with Gasteiger partial charge in [-0.3, -0.25) is 4.98 Å². The second kappa shape index (κ2) is 8.22. The van der Waals surface area contributed by atoms with E-state index in [1.54, 1.807) is 6.20 Å². The summed E-state index contributed by atoms with van der Waals surface area (Å²) in [6.07, 6.45) is 3.57. The molecule has 0 saturated carbocycles. The zero-order valence-electron chi connectivity index (χ0n) is 16.4. The Labute approximate surface area is 170 Å². The molecule has 148 valence electrons. The van der Waals surface area contributed by atoms with Crippen molar-refractivity contribution in [2.45, 2.75) is 19.5 Å². The maximum atomic E-state index is 9.53. The van der Waals surface area contributed by atoms with Crippen LogP contribution in [-0.4, -0.2) is 28.2 Å². The van der Waals surface area contributed by atoms with Crippen LogP contribution in [0.15, 0.2) is 67.5 Å². The topological polar surface area (TPSA) is 70.5 Å². The fourth-order valence-corrected chi connectivity index (χ4v) is 3.44. The molecule has 0 bridgehead atoms. The SMILES string of the molecule is C=C(O)c1ccc(C(C)Nc2nccc3c2N(Cc2ccccn2)CCO3)cc1. The van der Waals surface area contributed by atoms with Crippen LogP contribution in [0.2, 0.25) is 0 Å². The fraction of sp³-hybridized carbons (Fsp3) is 0.217. The summed E-state index contributed by atoms with van der Waals surface area (Å²) in [7, 11) is 0. The van der Waals surface area contributed by atoms with Crippen LogP contribution < -0.4 is 15.0 Å². The molecule has 2 aromatic heterocycles. The highest BCUT2D eigenvalue weighted by molar-refractivity contribution is 5.74. The van der Waals surface area contributed by atoms with Crippen LogP contribution in [0.5, 0.6) is 5.75 Å². The Bertz CT molecular complexity index is 990. The van der Waals surface area contributed by atoms with Crippen molar-refractivity contribution in [2.24, 2.45) is 0 Å². The van der Waals surface area contributed by atoms with Gasteiger partial charge in [-0.05, 0) is 24.6 Å². The number of fused-ring (bicyclic) bond motifs is 1. The highest BCUT2D eigenvalue weighted by Gasteiger charge is 2.24. The van der Waals surface area contributed by atoms with Crippen molar-refractivity contribution in [3.05, 3.63) is 84.3 Å². The third-order valence-electron chi connectivity index (χ3n) is 5.00. The highest BCUT2D eigenvalue weighted by Crippen LogP contribution is 2.39. The van der Waals surface area contributed by atoms with Gasteiger partial charge in [0.2, 0.25) is 0 Å². The number of nitrogens with zero attached hydrogens (tertiary/aromatic N) is 3. The van der Waals surface area contributed by atoms with Crippen molar-refractivity contribution in [1.29, 1.82) is 0 Å². The number of aromatic nitrogens is 2. The number of benzene rings is 1. The molecule has 0 saturated heterocycles. The van der Waals surface area contributed by atoms with Gasteiger partial charge in [0.05, 0.1) is 24.8 Å². The van der Waals surface area contributed by atoms with Crippen LogP contribution in [-0.2, 0) is 6.54 Å². The third-order valence-corrected chi connectivity index (χ3v) is 5.00. The van der Waals surface area contributed by atoms with Gasteiger partial charge in [-0.2, -0.15) is 0 Å². The molecule has 6 heteroatoms. The van der Waals surface area contributed by atoms with Crippen LogP contribution in [0, 0.1) is 0 Å². The molecular weight excluding hydrogens is 364 g/mol. The number of aliphatic hydroxyl groups excluding tert-OH is 1.